The molecule has 0 fully saturated rings. The summed E-state index contributed by atoms with van der Waals surface area (Å²) in [5, 5.41) is 12.3. The molecule has 1 heterocycles. The molecule has 0 unspecified atom stereocenters. The number of para-hydroxylation sites is 1. The second kappa shape index (κ2) is 4.37. The maximum atomic E-state index is 11.8. The quantitative estimate of drug-likeness (QED) is 0.823. The number of fused-ring (bicyclic) bond motifs is 1. The zero-order valence-electron chi connectivity index (χ0n) is 8.93. The monoisotopic (exact) mass is 219 g/mol. The lowest BCUT2D eigenvalue weighted by molar-refractivity contribution is 0.0923. The molecule has 4 heteroatoms. The highest BCUT2D eigenvalue weighted by molar-refractivity contribution is 6.05. The van der Waals surface area contributed by atoms with E-state index in [-0.39, 0.29) is 18.6 Å². The van der Waals surface area contributed by atoms with Crippen LogP contribution in [0.5, 0.6) is 0 Å². The van der Waals surface area contributed by atoms with E-state index in [4.69, 9.17) is 9.52 Å². The number of furan rings is 1. The van der Waals surface area contributed by atoms with Crippen molar-refractivity contribution in [2.45, 2.75) is 13.0 Å². The molecule has 2 aromatic rings. The zero-order valence-corrected chi connectivity index (χ0v) is 8.93. The average Bonchev–Trinajstić information content (AvgIpc) is 2.72. The molecule has 0 radical (unpaired) electrons. The van der Waals surface area contributed by atoms with Crippen LogP contribution in [0.3, 0.4) is 0 Å². The second-order valence-corrected chi connectivity index (χ2v) is 3.70. The fraction of sp³-hybridized carbons (Fsp3) is 0.250. The molecule has 2 N–H and O–H groups in total. The standard InChI is InChI=1S/C12H13NO3/c1-8(6-14)13-12(15)10-7-16-11-5-3-2-4-9(10)11/h2-5,7-8,14H,6H2,1H3,(H,13,15)/t8-/m0/s1. The lowest BCUT2D eigenvalue weighted by atomic mass is 10.1. The van der Waals surface area contributed by atoms with Gasteiger partial charge in [-0.25, -0.2) is 0 Å². The van der Waals surface area contributed by atoms with Gasteiger partial charge >= 0.3 is 0 Å². The van der Waals surface area contributed by atoms with Crippen LogP contribution in [0.1, 0.15) is 17.3 Å². The summed E-state index contributed by atoms with van der Waals surface area (Å²) in [6.07, 6.45) is 1.43. The maximum absolute atomic E-state index is 11.8. The van der Waals surface area contributed by atoms with E-state index in [9.17, 15) is 4.79 Å². The summed E-state index contributed by atoms with van der Waals surface area (Å²) in [4.78, 5) is 11.8. The molecule has 16 heavy (non-hydrogen) atoms. The van der Waals surface area contributed by atoms with Crippen molar-refractivity contribution in [1.82, 2.24) is 5.32 Å². The highest BCUT2D eigenvalue weighted by atomic mass is 16.3. The summed E-state index contributed by atoms with van der Waals surface area (Å²) in [6.45, 7) is 1.65. The van der Waals surface area contributed by atoms with E-state index in [0.29, 0.717) is 11.1 Å². The van der Waals surface area contributed by atoms with Gasteiger partial charge in [0.15, 0.2) is 0 Å². The van der Waals surface area contributed by atoms with Crippen LogP contribution < -0.4 is 5.32 Å². The highest BCUT2D eigenvalue weighted by Crippen LogP contribution is 2.20. The fourth-order valence-corrected chi connectivity index (χ4v) is 1.50. The summed E-state index contributed by atoms with van der Waals surface area (Å²) in [6, 6.07) is 7.08. The Bertz CT molecular complexity index is 504. The summed E-state index contributed by atoms with van der Waals surface area (Å²) in [7, 11) is 0. The molecule has 2 rings (SSSR count). The highest BCUT2D eigenvalue weighted by Gasteiger charge is 2.14. The smallest absolute Gasteiger partial charge is 0.255 e. The number of carbonyl (C=O) groups is 1. The van der Waals surface area contributed by atoms with E-state index in [2.05, 4.69) is 5.32 Å². The maximum Gasteiger partial charge on any atom is 0.255 e. The Hall–Kier alpha value is -1.81. The fourth-order valence-electron chi connectivity index (χ4n) is 1.50. The summed E-state index contributed by atoms with van der Waals surface area (Å²) >= 11 is 0. The van der Waals surface area contributed by atoms with Gasteiger partial charge in [-0.2, -0.15) is 0 Å². The minimum absolute atomic E-state index is 0.0818. The molecule has 0 aliphatic heterocycles. The molecule has 0 aliphatic rings. The van der Waals surface area contributed by atoms with Crippen LogP contribution in [-0.2, 0) is 0 Å². The summed E-state index contributed by atoms with van der Waals surface area (Å²) < 4.78 is 5.26. The van der Waals surface area contributed by atoms with E-state index >= 15 is 0 Å². The van der Waals surface area contributed by atoms with Gasteiger partial charge in [-0.15, -0.1) is 0 Å². The van der Waals surface area contributed by atoms with Gasteiger partial charge in [-0.05, 0) is 13.0 Å². The largest absolute Gasteiger partial charge is 0.463 e. The number of aliphatic hydroxyl groups excluding tert-OH is 1. The number of hydrogen-bond donors (Lipinski definition) is 2. The number of carbonyl (C=O) groups excluding carboxylic acids is 1. The molecule has 0 saturated heterocycles. The lowest BCUT2D eigenvalue weighted by Crippen LogP contribution is -2.34. The van der Waals surface area contributed by atoms with Crippen molar-refractivity contribution < 1.29 is 14.3 Å². The lowest BCUT2D eigenvalue weighted by Gasteiger charge is -2.09. The SMILES string of the molecule is C[C@@H](CO)NC(=O)c1coc2ccccc12. The van der Waals surface area contributed by atoms with E-state index in [1.165, 1.54) is 6.26 Å². The minimum atomic E-state index is -0.263. The summed E-state index contributed by atoms with van der Waals surface area (Å²) in [5.41, 5.74) is 1.18. The van der Waals surface area contributed by atoms with Gasteiger partial charge < -0.3 is 14.8 Å². The van der Waals surface area contributed by atoms with Gasteiger partial charge in [0.25, 0.3) is 5.91 Å². The first-order chi connectivity index (χ1) is 7.72. The van der Waals surface area contributed by atoms with E-state index in [1.54, 1.807) is 6.92 Å². The molecule has 1 amide bonds. The van der Waals surface area contributed by atoms with E-state index < -0.39 is 0 Å². The van der Waals surface area contributed by atoms with Crippen molar-refractivity contribution in [3.05, 3.63) is 36.1 Å². The molecule has 84 valence electrons. The van der Waals surface area contributed by atoms with Crippen LogP contribution in [0.2, 0.25) is 0 Å². The molecule has 0 saturated carbocycles. The number of amides is 1. The van der Waals surface area contributed by atoms with Gasteiger partial charge in [0.2, 0.25) is 0 Å². The molecule has 1 atom stereocenters. The topological polar surface area (TPSA) is 62.5 Å². The third kappa shape index (κ3) is 1.92. The van der Waals surface area contributed by atoms with Crippen LogP contribution in [0.25, 0.3) is 11.0 Å². The molecule has 0 aliphatic carbocycles. The van der Waals surface area contributed by atoms with Crippen LogP contribution >= 0.6 is 0 Å². The number of aliphatic hydroxyl groups is 1. The van der Waals surface area contributed by atoms with Crippen molar-refractivity contribution in [3.63, 3.8) is 0 Å². The number of benzene rings is 1. The zero-order chi connectivity index (χ0) is 11.5. The first-order valence-electron chi connectivity index (χ1n) is 5.10. The number of rotatable bonds is 3. The van der Waals surface area contributed by atoms with Gasteiger partial charge in [0.1, 0.15) is 11.8 Å². The normalized spacial score (nSPS) is 12.6. The Balaban J connectivity index is 2.30. The Labute approximate surface area is 92.9 Å². The Morgan fingerprint density at radius 2 is 2.25 bits per heavy atom. The Morgan fingerprint density at radius 1 is 1.50 bits per heavy atom. The molecule has 0 spiro atoms. The van der Waals surface area contributed by atoms with Crippen molar-refractivity contribution >= 4 is 16.9 Å². The van der Waals surface area contributed by atoms with Crippen molar-refractivity contribution in [2.75, 3.05) is 6.61 Å². The predicted octanol–water partition coefficient (Wildman–Crippen LogP) is 1.54. The molecular formula is C12H13NO3. The van der Waals surface area contributed by atoms with E-state index in [0.717, 1.165) is 5.39 Å². The summed E-state index contributed by atoms with van der Waals surface area (Å²) in [5.74, 6) is -0.230. The number of hydrogen-bond acceptors (Lipinski definition) is 3. The molecule has 4 nitrogen and oxygen atoms in total. The number of nitrogens with one attached hydrogen (secondary N) is 1. The average molecular weight is 219 g/mol. The second-order valence-electron chi connectivity index (χ2n) is 3.70. The predicted molar refractivity (Wildman–Crippen MR) is 60.2 cm³/mol. The molecule has 1 aromatic carbocycles. The first-order valence-corrected chi connectivity index (χ1v) is 5.10. The van der Waals surface area contributed by atoms with Gasteiger partial charge in [-0.3, -0.25) is 4.79 Å². The molecule has 1 aromatic heterocycles. The molecule has 0 bridgehead atoms. The van der Waals surface area contributed by atoms with Crippen molar-refractivity contribution in [2.24, 2.45) is 0 Å². The van der Waals surface area contributed by atoms with Crippen LogP contribution in [0.4, 0.5) is 0 Å². The third-order valence-electron chi connectivity index (χ3n) is 2.38. The van der Waals surface area contributed by atoms with Gasteiger partial charge in [0, 0.05) is 11.4 Å². The van der Waals surface area contributed by atoms with Crippen LogP contribution in [0, 0.1) is 0 Å². The van der Waals surface area contributed by atoms with E-state index in [1.807, 2.05) is 24.3 Å². The first kappa shape index (κ1) is 10.7. The Morgan fingerprint density at radius 3 is 3.00 bits per heavy atom. The van der Waals surface area contributed by atoms with Gasteiger partial charge in [0.05, 0.1) is 12.2 Å². The molecular weight excluding hydrogens is 206 g/mol. The van der Waals surface area contributed by atoms with Crippen LogP contribution in [-0.4, -0.2) is 23.7 Å². The Kier molecular flexibility index (Phi) is 2.92. The van der Waals surface area contributed by atoms with Crippen LogP contribution in [0.15, 0.2) is 34.9 Å². The van der Waals surface area contributed by atoms with Gasteiger partial charge in [-0.1, -0.05) is 18.2 Å². The third-order valence-corrected chi connectivity index (χ3v) is 2.38. The van der Waals surface area contributed by atoms with Crippen molar-refractivity contribution in [1.29, 1.82) is 0 Å². The van der Waals surface area contributed by atoms with Crippen molar-refractivity contribution in [3.8, 4) is 0 Å². The minimum Gasteiger partial charge on any atom is -0.463 e.